The van der Waals surface area contributed by atoms with Crippen LogP contribution in [0, 0.1) is 0 Å². The van der Waals surface area contributed by atoms with Crippen molar-refractivity contribution in [3.63, 3.8) is 0 Å². The molecule has 0 unspecified atom stereocenters. The van der Waals surface area contributed by atoms with Crippen LogP contribution in [0.1, 0.15) is 13.8 Å². The summed E-state index contributed by atoms with van der Waals surface area (Å²) in [7, 11) is 3.16. The van der Waals surface area contributed by atoms with E-state index in [2.05, 4.69) is 5.32 Å². The number of ether oxygens (including phenoxy) is 3. The van der Waals surface area contributed by atoms with Crippen molar-refractivity contribution in [2.24, 2.45) is 0 Å². The number of morpholine rings is 1. The number of amides is 1. The Bertz CT molecular complexity index is 511. The summed E-state index contributed by atoms with van der Waals surface area (Å²) in [5.74, 6) is 1.23. The van der Waals surface area contributed by atoms with Crippen LogP contribution in [0.4, 0.5) is 5.69 Å². The molecular formula is C16H25N2O4+. The lowest BCUT2D eigenvalue weighted by atomic mass is 10.2. The number of benzene rings is 1. The Kier molecular flexibility index (Phi) is 5.63. The van der Waals surface area contributed by atoms with E-state index < -0.39 is 0 Å². The Morgan fingerprint density at radius 3 is 2.45 bits per heavy atom. The molecule has 6 heteroatoms. The van der Waals surface area contributed by atoms with E-state index in [1.807, 2.05) is 13.8 Å². The van der Waals surface area contributed by atoms with E-state index in [1.165, 1.54) is 4.90 Å². The first-order valence-corrected chi connectivity index (χ1v) is 7.52. The number of carbonyl (C=O) groups excluding carboxylic acids is 1. The first-order chi connectivity index (χ1) is 10.5. The lowest BCUT2D eigenvalue weighted by molar-refractivity contribution is -0.907. The van der Waals surface area contributed by atoms with Gasteiger partial charge in [-0.2, -0.15) is 0 Å². The zero-order valence-corrected chi connectivity index (χ0v) is 13.6. The highest BCUT2D eigenvalue weighted by molar-refractivity contribution is 5.91. The van der Waals surface area contributed by atoms with Crippen LogP contribution >= 0.6 is 0 Å². The second-order valence-corrected chi connectivity index (χ2v) is 5.71. The van der Waals surface area contributed by atoms with Gasteiger partial charge in [0.05, 0.1) is 14.2 Å². The van der Waals surface area contributed by atoms with Crippen LogP contribution in [-0.2, 0) is 9.53 Å². The van der Waals surface area contributed by atoms with Crippen LogP contribution in [0.2, 0.25) is 0 Å². The third kappa shape index (κ3) is 4.35. The molecule has 22 heavy (non-hydrogen) atoms. The Balaban J connectivity index is 1.94. The summed E-state index contributed by atoms with van der Waals surface area (Å²) < 4.78 is 16.1. The quantitative estimate of drug-likeness (QED) is 0.823. The van der Waals surface area contributed by atoms with E-state index in [4.69, 9.17) is 14.2 Å². The Hall–Kier alpha value is -1.79. The summed E-state index contributed by atoms with van der Waals surface area (Å²) in [4.78, 5) is 13.4. The van der Waals surface area contributed by atoms with Gasteiger partial charge in [0.2, 0.25) is 0 Å². The van der Waals surface area contributed by atoms with Crippen molar-refractivity contribution in [2.75, 3.05) is 39.2 Å². The van der Waals surface area contributed by atoms with E-state index in [0.717, 1.165) is 13.1 Å². The lowest BCUT2D eigenvalue weighted by Gasteiger charge is -2.31. The van der Waals surface area contributed by atoms with Crippen LogP contribution in [0.15, 0.2) is 18.2 Å². The third-order valence-corrected chi connectivity index (χ3v) is 3.69. The average molecular weight is 309 g/mol. The minimum atomic E-state index is -0.0106. The van der Waals surface area contributed by atoms with Crippen LogP contribution in [0.3, 0.4) is 0 Å². The molecule has 6 nitrogen and oxygen atoms in total. The third-order valence-electron chi connectivity index (χ3n) is 3.69. The predicted molar refractivity (Wildman–Crippen MR) is 83.7 cm³/mol. The average Bonchev–Trinajstić information content (AvgIpc) is 2.45. The van der Waals surface area contributed by atoms with Gasteiger partial charge >= 0.3 is 0 Å². The molecule has 1 fully saturated rings. The smallest absolute Gasteiger partial charge is 0.279 e. The van der Waals surface area contributed by atoms with Gasteiger partial charge in [-0.3, -0.25) is 4.79 Å². The highest BCUT2D eigenvalue weighted by Gasteiger charge is 2.27. The van der Waals surface area contributed by atoms with Gasteiger partial charge < -0.3 is 24.4 Å². The molecule has 1 amide bonds. The van der Waals surface area contributed by atoms with Crippen molar-refractivity contribution < 1.29 is 23.9 Å². The number of anilines is 1. The number of carbonyl (C=O) groups is 1. The van der Waals surface area contributed by atoms with Crippen molar-refractivity contribution >= 4 is 11.6 Å². The molecule has 1 aromatic rings. The SMILES string of the molecule is COc1ccc(NC(=O)C[NH+]2C[C@H](C)O[C@@H](C)C2)cc1OC. The van der Waals surface area contributed by atoms with Gasteiger partial charge in [0.15, 0.2) is 18.0 Å². The molecule has 1 aliphatic rings. The Morgan fingerprint density at radius 2 is 1.86 bits per heavy atom. The topological polar surface area (TPSA) is 61.2 Å². The number of nitrogens with one attached hydrogen (secondary N) is 2. The second kappa shape index (κ2) is 7.47. The first kappa shape index (κ1) is 16.6. The van der Waals surface area contributed by atoms with E-state index in [1.54, 1.807) is 32.4 Å². The fourth-order valence-electron chi connectivity index (χ4n) is 2.88. The molecule has 1 aliphatic heterocycles. The molecule has 1 heterocycles. The standard InChI is InChI=1S/C16H24N2O4/c1-11-8-18(9-12(2)22-11)10-16(19)17-13-5-6-14(20-3)15(7-13)21-4/h5-7,11-12H,8-10H2,1-4H3,(H,17,19)/p+1/t11-,12-/m0/s1. The Morgan fingerprint density at radius 1 is 1.23 bits per heavy atom. The number of hydrogen-bond acceptors (Lipinski definition) is 4. The summed E-state index contributed by atoms with van der Waals surface area (Å²) in [5.41, 5.74) is 0.705. The summed E-state index contributed by atoms with van der Waals surface area (Å²) >= 11 is 0. The normalized spacial score (nSPS) is 24.6. The molecule has 1 saturated heterocycles. The first-order valence-electron chi connectivity index (χ1n) is 7.52. The van der Waals surface area contributed by atoms with Crippen LogP contribution in [-0.4, -0.2) is 52.0 Å². The zero-order chi connectivity index (χ0) is 16.1. The molecule has 122 valence electrons. The molecule has 0 bridgehead atoms. The van der Waals surface area contributed by atoms with Gasteiger partial charge in [-0.1, -0.05) is 0 Å². The van der Waals surface area contributed by atoms with Crippen molar-refractivity contribution in [1.29, 1.82) is 0 Å². The summed E-state index contributed by atoms with van der Waals surface area (Å²) in [6, 6.07) is 5.34. The Labute approximate surface area is 131 Å². The predicted octanol–water partition coefficient (Wildman–Crippen LogP) is 0.334. The van der Waals surface area contributed by atoms with E-state index in [-0.39, 0.29) is 18.1 Å². The van der Waals surface area contributed by atoms with Gasteiger partial charge in [0, 0.05) is 11.8 Å². The van der Waals surface area contributed by atoms with Gasteiger partial charge in [-0.15, -0.1) is 0 Å². The fraction of sp³-hybridized carbons (Fsp3) is 0.562. The van der Waals surface area contributed by atoms with E-state index in [9.17, 15) is 4.79 Å². The molecule has 0 aliphatic carbocycles. The molecule has 2 N–H and O–H groups in total. The molecule has 2 rings (SSSR count). The molecular weight excluding hydrogens is 284 g/mol. The van der Waals surface area contributed by atoms with Crippen LogP contribution in [0.5, 0.6) is 11.5 Å². The zero-order valence-electron chi connectivity index (χ0n) is 13.6. The van der Waals surface area contributed by atoms with E-state index in [0.29, 0.717) is 23.7 Å². The lowest BCUT2D eigenvalue weighted by Crippen LogP contribution is -3.16. The maximum atomic E-state index is 12.2. The fourth-order valence-corrected chi connectivity index (χ4v) is 2.88. The molecule has 0 radical (unpaired) electrons. The minimum Gasteiger partial charge on any atom is -0.493 e. The monoisotopic (exact) mass is 309 g/mol. The van der Waals surface area contributed by atoms with E-state index >= 15 is 0 Å². The summed E-state index contributed by atoms with van der Waals surface area (Å²) in [5, 5.41) is 2.91. The number of hydrogen-bond donors (Lipinski definition) is 2. The van der Waals surface area contributed by atoms with Crippen molar-refractivity contribution in [1.82, 2.24) is 0 Å². The molecule has 1 aromatic carbocycles. The maximum absolute atomic E-state index is 12.2. The summed E-state index contributed by atoms with van der Waals surface area (Å²) in [6.45, 7) is 6.23. The van der Waals surface area contributed by atoms with Gasteiger partial charge in [0.25, 0.3) is 5.91 Å². The molecule has 0 aromatic heterocycles. The van der Waals surface area contributed by atoms with Crippen molar-refractivity contribution in [3.8, 4) is 11.5 Å². The van der Waals surface area contributed by atoms with Crippen LogP contribution in [0.25, 0.3) is 0 Å². The molecule has 0 spiro atoms. The van der Waals surface area contributed by atoms with Gasteiger partial charge in [0.1, 0.15) is 25.3 Å². The maximum Gasteiger partial charge on any atom is 0.279 e. The van der Waals surface area contributed by atoms with Crippen molar-refractivity contribution in [2.45, 2.75) is 26.1 Å². The number of quaternary nitrogens is 1. The largest absolute Gasteiger partial charge is 0.493 e. The highest BCUT2D eigenvalue weighted by Crippen LogP contribution is 2.29. The second-order valence-electron chi connectivity index (χ2n) is 5.71. The van der Waals surface area contributed by atoms with Gasteiger partial charge in [-0.05, 0) is 26.0 Å². The highest BCUT2D eigenvalue weighted by atomic mass is 16.5. The number of rotatable bonds is 5. The van der Waals surface area contributed by atoms with Gasteiger partial charge in [-0.25, -0.2) is 0 Å². The number of methoxy groups -OCH3 is 2. The minimum absolute atomic E-state index is 0.0106. The molecule has 0 saturated carbocycles. The summed E-state index contributed by atoms with van der Waals surface area (Å²) in [6.07, 6.45) is 0.375. The van der Waals surface area contributed by atoms with Crippen LogP contribution < -0.4 is 19.7 Å². The van der Waals surface area contributed by atoms with Crippen molar-refractivity contribution in [3.05, 3.63) is 18.2 Å². The molecule has 2 atom stereocenters.